The molecule has 6 N–H and O–H groups in total. The van der Waals surface area contributed by atoms with E-state index in [1.807, 2.05) is 18.2 Å². The van der Waals surface area contributed by atoms with Crippen molar-refractivity contribution in [2.45, 2.75) is 71.6 Å². The molecule has 282 valence electrons. The van der Waals surface area contributed by atoms with Gasteiger partial charge in [0.15, 0.2) is 0 Å². The van der Waals surface area contributed by atoms with Crippen molar-refractivity contribution >= 4 is 52.9 Å². The third-order valence-corrected chi connectivity index (χ3v) is 9.28. The second kappa shape index (κ2) is 20.9. The number of hydrogen-bond donors (Lipinski definition) is 5. The SMILES string of the molecule is CCC(CCC(CCC(CCC(C)C(=O)O)C(=O)OC)C(=O)Nc1cccc(NC(=O)C(C=Nc2ccc(C(N)=O)cc2)=C(C)O)c1)c1ccccc1. The summed E-state index contributed by atoms with van der Waals surface area (Å²) in [6.45, 7) is 5.06. The lowest BCUT2D eigenvalue weighted by atomic mass is 9.84. The number of ether oxygens (including phenoxy) is 1. The molecular formula is C41H50N4O8. The molecule has 3 amide bonds. The van der Waals surface area contributed by atoms with Gasteiger partial charge >= 0.3 is 11.9 Å². The molecule has 0 spiro atoms. The Morgan fingerprint density at radius 3 is 2.00 bits per heavy atom. The number of carbonyl (C=O) groups is 5. The molecule has 0 heterocycles. The van der Waals surface area contributed by atoms with Crippen LogP contribution < -0.4 is 16.4 Å². The lowest BCUT2D eigenvalue weighted by Gasteiger charge is -2.23. The maximum absolute atomic E-state index is 13.9. The number of aliphatic carboxylic acids is 1. The summed E-state index contributed by atoms with van der Waals surface area (Å²) < 4.78 is 5.03. The zero-order chi connectivity index (χ0) is 38.9. The van der Waals surface area contributed by atoms with E-state index in [1.54, 1.807) is 43.3 Å². The first-order valence-corrected chi connectivity index (χ1v) is 17.7. The zero-order valence-electron chi connectivity index (χ0n) is 30.7. The number of carbonyl (C=O) groups excluding carboxylic acids is 4. The summed E-state index contributed by atoms with van der Waals surface area (Å²) >= 11 is 0. The van der Waals surface area contributed by atoms with Crippen LogP contribution in [0, 0.1) is 17.8 Å². The number of rotatable bonds is 20. The number of hydrogen-bond acceptors (Lipinski definition) is 8. The average Bonchev–Trinajstić information content (AvgIpc) is 3.14. The summed E-state index contributed by atoms with van der Waals surface area (Å²) in [5.41, 5.74) is 7.90. The number of aliphatic hydroxyl groups is 1. The molecule has 3 aromatic rings. The van der Waals surface area contributed by atoms with E-state index < -0.39 is 41.5 Å². The van der Waals surface area contributed by atoms with E-state index >= 15 is 0 Å². The van der Waals surface area contributed by atoms with Crippen LogP contribution in [0.15, 0.2) is 95.2 Å². The summed E-state index contributed by atoms with van der Waals surface area (Å²) in [7, 11) is 1.30. The van der Waals surface area contributed by atoms with Crippen LogP contribution in [-0.2, 0) is 23.9 Å². The number of primary amides is 1. The van der Waals surface area contributed by atoms with Crippen molar-refractivity contribution in [3.63, 3.8) is 0 Å². The van der Waals surface area contributed by atoms with Gasteiger partial charge in [-0.15, -0.1) is 0 Å². The van der Waals surface area contributed by atoms with Gasteiger partial charge in [0.1, 0.15) is 5.76 Å². The Bertz CT molecular complexity index is 1770. The first kappa shape index (κ1) is 41.6. The number of aliphatic hydroxyl groups excluding tert-OH is 1. The lowest BCUT2D eigenvalue weighted by Crippen LogP contribution is -2.26. The van der Waals surface area contributed by atoms with Gasteiger partial charge in [-0.2, -0.15) is 0 Å². The van der Waals surface area contributed by atoms with Gasteiger partial charge in [-0.05, 0) is 106 Å². The molecule has 12 heteroatoms. The maximum atomic E-state index is 13.9. The maximum Gasteiger partial charge on any atom is 0.308 e. The molecule has 3 aromatic carbocycles. The van der Waals surface area contributed by atoms with E-state index in [0.29, 0.717) is 54.7 Å². The number of nitrogens with two attached hydrogens (primary N) is 1. The number of anilines is 2. The minimum Gasteiger partial charge on any atom is -0.512 e. The number of carboxylic acid groups (broad SMARTS) is 1. The molecule has 3 rings (SSSR count). The number of allylic oxidation sites excluding steroid dienone is 1. The highest BCUT2D eigenvalue weighted by molar-refractivity contribution is 6.18. The second-order valence-electron chi connectivity index (χ2n) is 13.1. The third-order valence-electron chi connectivity index (χ3n) is 9.28. The van der Waals surface area contributed by atoms with Gasteiger partial charge in [-0.25, -0.2) is 0 Å². The van der Waals surface area contributed by atoms with Gasteiger partial charge in [0.2, 0.25) is 11.8 Å². The van der Waals surface area contributed by atoms with Gasteiger partial charge < -0.3 is 31.3 Å². The molecule has 0 aliphatic rings. The summed E-state index contributed by atoms with van der Waals surface area (Å²) in [5.74, 6) is -4.52. The van der Waals surface area contributed by atoms with Crippen LogP contribution in [0.5, 0.6) is 0 Å². The highest BCUT2D eigenvalue weighted by Crippen LogP contribution is 2.31. The minimum absolute atomic E-state index is 0.0970. The fourth-order valence-electron chi connectivity index (χ4n) is 5.95. The summed E-state index contributed by atoms with van der Waals surface area (Å²) in [6, 6.07) is 22.8. The van der Waals surface area contributed by atoms with Crippen LogP contribution in [-0.4, -0.2) is 53.2 Å². The Morgan fingerprint density at radius 2 is 1.42 bits per heavy atom. The number of aliphatic imine (C=N–C) groups is 1. The smallest absolute Gasteiger partial charge is 0.308 e. The van der Waals surface area contributed by atoms with Crippen molar-refractivity contribution < 1.29 is 38.9 Å². The van der Waals surface area contributed by atoms with E-state index in [9.17, 15) is 34.2 Å². The van der Waals surface area contributed by atoms with E-state index in [-0.39, 0.29) is 23.2 Å². The van der Waals surface area contributed by atoms with Gasteiger partial charge in [-0.3, -0.25) is 29.0 Å². The van der Waals surface area contributed by atoms with Crippen LogP contribution in [0.3, 0.4) is 0 Å². The van der Waals surface area contributed by atoms with Gasteiger partial charge in [0, 0.05) is 29.1 Å². The molecule has 0 radical (unpaired) electrons. The Labute approximate surface area is 310 Å². The molecule has 0 aliphatic heterocycles. The molecule has 0 fully saturated rings. The van der Waals surface area contributed by atoms with Crippen LogP contribution in [0.25, 0.3) is 0 Å². The largest absolute Gasteiger partial charge is 0.512 e. The Morgan fingerprint density at radius 1 is 0.811 bits per heavy atom. The zero-order valence-corrected chi connectivity index (χ0v) is 30.7. The monoisotopic (exact) mass is 726 g/mol. The van der Waals surface area contributed by atoms with Crippen molar-refractivity contribution in [1.29, 1.82) is 0 Å². The number of benzene rings is 3. The first-order valence-electron chi connectivity index (χ1n) is 17.7. The number of esters is 1. The average molecular weight is 727 g/mol. The van der Waals surface area contributed by atoms with E-state index in [4.69, 9.17) is 10.5 Å². The van der Waals surface area contributed by atoms with Crippen molar-refractivity contribution in [2.75, 3.05) is 17.7 Å². The summed E-state index contributed by atoms with van der Waals surface area (Å²) in [6.07, 6.45) is 4.73. The summed E-state index contributed by atoms with van der Waals surface area (Å²) in [4.78, 5) is 66.7. The normalized spacial score (nSPS) is 14.0. The first-order chi connectivity index (χ1) is 25.3. The van der Waals surface area contributed by atoms with Gasteiger partial charge in [0.05, 0.1) is 30.2 Å². The fourth-order valence-corrected chi connectivity index (χ4v) is 5.95. The van der Waals surface area contributed by atoms with Crippen molar-refractivity contribution in [1.82, 2.24) is 0 Å². The molecule has 0 saturated carbocycles. The molecule has 53 heavy (non-hydrogen) atoms. The molecule has 4 atom stereocenters. The van der Waals surface area contributed by atoms with Crippen LogP contribution in [0.2, 0.25) is 0 Å². The molecule has 12 nitrogen and oxygen atoms in total. The predicted octanol–water partition coefficient (Wildman–Crippen LogP) is 7.56. The van der Waals surface area contributed by atoms with Crippen LogP contribution >= 0.6 is 0 Å². The van der Waals surface area contributed by atoms with E-state index in [1.165, 1.54) is 37.9 Å². The predicted molar refractivity (Wildman–Crippen MR) is 205 cm³/mol. The van der Waals surface area contributed by atoms with Crippen LogP contribution in [0.4, 0.5) is 17.1 Å². The topological polar surface area (TPSA) is 197 Å². The van der Waals surface area contributed by atoms with Crippen molar-refractivity contribution in [3.05, 3.63) is 101 Å². The molecule has 4 unspecified atom stereocenters. The standard InChI is InChI=1S/C41H50N4O8/c1-5-28(29-10-7-6-8-11-29)16-17-31(18-19-32(41(52)53-4)15-14-26(2)40(50)51)38(48)44-34-12-9-13-35(24-34)45-39(49)36(27(3)46)25-43-33-22-20-30(21-23-33)37(42)47/h6-13,20-26,28,31-32,46H,5,14-19H2,1-4H3,(H2,42,47)(H,44,48)(H,45,49)(H,50,51). The van der Waals surface area contributed by atoms with Crippen LogP contribution in [0.1, 0.15) is 87.6 Å². The number of methoxy groups -OCH3 is 1. The quantitative estimate of drug-likeness (QED) is 0.0340. The lowest BCUT2D eigenvalue weighted by molar-refractivity contribution is -0.147. The van der Waals surface area contributed by atoms with Crippen molar-refractivity contribution in [3.8, 4) is 0 Å². The number of carboxylic acids is 1. The minimum atomic E-state index is -0.934. The Hall–Kier alpha value is -5.78. The van der Waals surface area contributed by atoms with E-state index in [2.05, 4.69) is 34.7 Å². The number of amides is 3. The number of nitrogens with one attached hydrogen (secondary N) is 2. The Kier molecular flexibility index (Phi) is 16.4. The second-order valence-corrected chi connectivity index (χ2v) is 13.1. The molecule has 0 saturated heterocycles. The van der Waals surface area contributed by atoms with Crippen molar-refractivity contribution in [2.24, 2.45) is 28.5 Å². The fraction of sp³-hybridized carbons (Fsp3) is 0.366. The highest BCUT2D eigenvalue weighted by atomic mass is 16.5. The third kappa shape index (κ3) is 13.4. The molecule has 0 aliphatic carbocycles. The molecular weight excluding hydrogens is 676 g/mol. The summed E-state index contributed by atoms with van der Waals surface area (Å²) in [5, 5.41) is 25.3. The Balaban J connectivity index is 1.77. The molecule has 0 bridgehead atoms. The highest BCUT2D eigenvalue weighted by Gasteiger charge is 2.27. The number of nitrogens with zero attached hydrogens (tertiary/aromatic N) is 1. The van der Waals surface area contributed by atoms with Gasteiger partial charge in [0.25, 0.3) is 5.91 Å². The molecule has 0 aromatic heterocycles. The van der Waals surface area contributed by atoms with Gasteiger partial charge in [-0.1, -0.05) is 50.2 Å². The van der Waals surface area contributed by atoms with E-state index in [0.717, 1.165) is 12.8 Å².